The number of halogens is 1. The van der Waals surface area contributed by atoms with Gasteiger partial charge in [0.05, 0.1) is 6.17 Å². The van der Waals surface area contributed by atoms with Crippen LogP contribution in [0, 0.1) is 11.8 Å². The fourth-order valence-electron chi connectivity index (χ4n) is 3.43. The molecular weight excluding hydrogens is 236 g/mol. The van der Waals surface area contributed by atoms with E-state index in [1.54, 1.807) is 0 Å². The smallest absolute Gasteiger partial charge is 0.110 e. The summed E-state index contributed by atoms with van der Waals surface area (Å²) in [6.07, 6.45) is 5.55. The van der Waals surface area contributed by atoms with Gasteiger partial charge in [0.1, 0.15) is 6.29 Å². The van der Waals surface area contributed by atoms with Crippen LogP contribution in [0.1, 0.15) is 39.0 Å². The van der Waals surface area contributed by atoms with Crippen molar-refractivity contribution in [3.05, 3.63) is 0 Å². The van der Waals surface area contributed by atoms with E-state index in [4.69, 9.17) is 23.1 Å². The van der Waals surface area contributed by atoms with Gasteiger partial charge in [0.2, 0.25) is 0 Å². The summed E-state index contributed by atoms with van der Waals surface area (Å²) in [5.74, 6) is 1.15. The molecule has 1 aliphatic heterocycles. The molecule has 17 heavy (non-hydrogen) atoms. The first-order chi connectivity index (χ1) is 8.11. The molecule has 1 saturated heterocycles. The highest BCUT2D eigenvalue weighted by Gasteiger charge is 2.39. The van der Waals surface area contributed by atoms with E-state index in [0.717, 1.165) is 19.3 Å². The maximum atomic E-state index is 6.24. The van der Waals surface area contributed by atoms with E-state index >= 15 is 0 Å². The van der Waals surface area contributed by atoms with Gasteiger partial charge in [0, 0.05) is 17.3 Å². The standard InChI is InChI=1S/C12H25ClN4/c1-2-9-10(11(14)17-12(15)16-9)7-3-5-8(13)6-4-7/h7-12,16-17H,2-6,14-15H2,1H3. The zero-order valence-electron chi connectivity index (χ0n) is 10.5. The summed E-state index contributed by atoms with van der Waals surface area (Å²) in [6.45, 7) is 2.20. The molecule has 4 nitrogen and oxygen atoms in total. The summed E-state index contributed by atoms with van der Waals surface area (Å²) in [4.78, 5) is 0. The second-order valence-corrected chi connectivity index (χ2v) is 6.06. The molecule has 0 amide bonds. The first-order valence-electron chi connectivity index (χ1n) is 6.79. The predicted molar refractivity (Wildman–Crippen MR) is 71.4 cm³/mol. The van der Waals surface area contributed by atoms with Crippen LogP contribution < -0.4 is 22.1 Å². The van der Waals surface area contributed by atoms with E-state index in [1.807, 2.05) is 0 Å². The lowest BCUT2D eigenvalue weighted by Gasteiger charge is -2.46. The summed E-state index contributed by atoms with van der Waals surface area (Å²) in [5, 5.41) is 6.99. The molecular formula is C12H25ClN4. The van der Waals surface area contributed by atoms with E-state index in [2.05, 4.69) is 17.6 Å². The zero-order chi connectivity index (χ0) is 12.4. The van der Waals surface area contributed by atoms with E-state index in [0.29, 0.717) is 23.3 Å². The lowest BCUT2D eigenvalue weighted by atomic mass is 9.73. The number of rotatable bonds is 2. The van der Waals surface area contributed by atoms with Crippen LogP contribution >= 0.6 is 11.6 Å². The zero-order valence-corrected chi connectivity index (χ0v) is 11.3. The Morgan fingerprint density at radius 1 is 1.12 bits per heavy atom. The van der Waals surface area contributed by atoms with Crippen molar-refractivity contribution < 1.29 is 0 Å². The van der Waals surface area contributed by atoms with Gasteiger partial charge in [0.15, 0.2) is 0 Å². The van der Waals surface area contributed by atoms with Gasteiger partial charge in [-0.2, -0.15) is 0 Å². The summed E-state index contributed by atoms with van der Waals surface area (Å²) >= 11 is 6.17. The quantitative estimate of drug-likeness (QED) is 0.557. The van der Waals surface area contributed by atoms with Crippen LogP contribution in [-0.4, -0.2) is 23.9 Å². The van der Waals surface area contributed by atoms with Crippen molar-refractivity contribution in [2.75, 3.05) is 0 Å². The van der Waals surface area contributed by atoms with Gasteiger partial charge in [-0.15, -0.1) is 11.6 Å². The Balaban J connectivity index is 2.01. The Kier molecular flexibility index (Phi) is 4.66. The fraction of sp³-hybridized carbons (Fsp3) is 1.00. The van der Waals surface area contributed by atoms with Gasteiger partial charge < -0.3 is 11.5 Å². The molecule has 1 heterocycles. The van der Waals surface area contributed by atoms with Crippen LogP contribution in [0.4, 0.5) is 0 Å². The van der Waals surface area contributed by atoms with Crippen LogP contribution in [0.25, 0.3) is 0 Å². The van der Waals surface area contributed by atoms with E-state index < -0.39 is 0 Å². The molecule has 0 bridgehead atoms. The maximum absolute atomic E-state index is 6.24. The molecule has 100 valence electrons. The molecule has 1 saturated carbocycles. The van der Waals surface area contributed by atoms with E-state index in [1.165, 1.54) is 12.8 Å². The topological polar surface area (TPSA) is 76.1 Å². The van der Waals surface area contributed by atoms with E-state index in [-0.39, 0.29) is 12.5 Å². The van der Waals surface area contributed by atoms with Crippen LogP contribution in [0.3, 0.4) is 0 Å². The van der Waals surface area contributed by atoms with Crippen molar-refractivity contribution in [1.29, 1.82) is 0 Å². The number of nitrogens with two attached hydrogens (primary N) is 2. The van der Waals surface area contributed by atoms with Gasteiger partial charge in [-0.1, -0.05) is 6.92 Å². The SMILES string of the molecule is CCC1NC(N)NC(N)C1C1CCC(Cl)CC1. The van der Waals surface area contributed by atoms with Crippen molar-refractivity contribution in [3.8, 4) is 0 Å². The van der Waals surface area contributed by atoms with E-state index in [9.17, 15) is 0 Å². The third-order valence-corrected chi connectivity index (χ3v) is 4.77. The minimum Gasteiger partial charge on any atom is -0.316 e. The molecule has 5 heteroatoms. The monoisotopic (exact) mass is 260 g/mol. The predicted octanol–water partition coefficient (Wildman–Crippen LogP) is 0.899. The van der Waals surface area contributed by atoms with Crippen molar-refractivity contribution in [3.63, 3.8) is 0 Å². The van der Waals surface area contributed by atoms with Gasteiger partial charge in [-0.3, -0.25) is 10.6 Å². The van der Waals surface area contributed by atoms with Gasteiger partial charge in [-0.25, -0.2) is 0 Å². The van der Waals surface area contributed by atoms with Crippen molar-refractivity contribution in [1.82, 2.24) is 10.6 Å². The Labute approximate surface area is 109 Å². The molecule has 0 aromatic rings. The molecule has 1 aliphatic carbocycles. The number of alkyl halides is 1. The third-order valence-electron chi connectivity index (χ3n) is 4.33. The third kappa shape index (κ3) is 3.12. The molecule has 2 rings (SSSR count). The molecule has 0 aromatic heterocycles. The average Bonchev–Trinajstić information content (AvgIpc) is 2.30. The Morgan fingerprint density at radius 2 is 1.76 bits per heavy atom. The lowest BCUT2D eigenvalue weighted by molar-refractivity contribution is 0.0898. The largest absolute Gasteiger partial charge is 0.316 e. The van der Waals surface area contributed by atoms with Gasteiger partial charge >= 0.3 is 0 Å². The minimum atomic E-state index is -0.171. The first kappa shape index (κ1) is 13.6. The van der Waals surface area contributed by atoms with Crippen LogP contribution in [0.2, 0.25) is 0 Å². The number of hydrogen-bond donors (Lipinski definition) is 4. The molecule has 0 radical (unpaired) electrons. The number of hydrogen-bond acceptors (Lipinski definition) is 4. The Morgan fingerprint density at radius 3 is 2.35 bits per heavy atom. The first-order valence-corrected chi connectivity index (χ1v) is 7.22. The summed E-state index contributed by atoms with van der Waals surface area (Å²) < 4.78 is 0. The lowest BCUT2D eigenvalue weighted by Crippen LogP contribution is -2.70. The maximum Gasteiger partial charge on any atom is 0.110 e. The molecule has 4 unspecified atom stereocenters. The number of nitrogens with one attached hydrogen (secondary N) is 2. The Bertz CT molecular complexity index is 243. The highest BCUT2D eigenvalue weighted by Crippen LogP contribution is 2.36. The summed E-state index contributed by atoms with van der Waals surface area (Å²) in [7, 11) is 0. The van der Waals surface area contributed by atoms with Crippen LogP contribution in [-0.2, 0) is 0 Å². The normalized spacial score (nSPS) is 48.0. The second kappa shape index (κ2) is 5.85. The molecule has 0 aromatic carbocycles. The highest BCUT2D eigenvalue weighted by molar-refractivity contribution is 6.20. The molecule has 0 spiro atoms. The molecule has 2 aliphatic rings. The van der Waals surface area contributed by atoms with Crippen molar-refractivity contribution in [2.45, 2.75) is 62.9 Å². The van der Waals surface area contributed by atoms with Gasteiger partial charge in [-0.05, 0) is 38.0 Å². The minimum absolute atomic E-state index is 0.00748. The second-order valence-electron chi connectivity index (χ2n) is 5.44. The summed E-state index contributed by atoms with van der Waals surface area (Å²) in [5.41, 5.74) is 12.1. The molecule has 6 N–H and O–H groups in total. The van der Waals surface area contributed by atoms with Crippen molar-refractivity contribution in [2.24, 2.45) is 23.3 Å². The van der Waals surface area contributed by atoms with Crippen LogP contribution in [0.5, 0.6) is 0 Å². The molecule has 2 fully saturated rings. The van der Waals surface area contributed by atoms with Gasteiger partial charge in [0.25, 0.3) is 0 Å². The molecule has 4 atom stereocenters. The summed E-state index contributed by atoms with van der Waals surface area (Å²) in [6, 6.07) is 0.429. The highest BCUT2D eigenvalue weighted by atomic mass is 35.5. The Hall–Kier alpha value is 0.130. The fourth-order valence-corrected chi connectivity index (χ4v) is 3.69. The van der Waals surface area contributed by atoms with Crippen molar-refractivity contribution >= 4 is 11.6 Å². The average molecular weight is 261 g/mol. The van der Waals surface area contributed by atoms with Crippen LogP contribution in [0.15, 0.2) is 0 Å².